The van der Waals surface area contributed by atoms with E-state index in [1.807, 2.05) is 6.26 Å². The topological polar surface area (TPSA) is 92.5 Å². The fourth-order valence-corrected chi connectivity index (χ4v) is 4.47. The van der Waals surface area contributed by atoms with E-state index in [-0.39, 0.29) is 16.8 Å². The Morgan fingerprint density at radius 2 is 2.12 bits per heavy atom. The molecule has 1 saturated heterocycles. The number of thioether (sulfide) groups is 1. The van der Waals surface area contributed by atoms with Crippen LogP contribution in [0, 0.1) is 0 Å². The maximum Gasteiger partial charge on any atom is 0.241 e. The van der Waals surface area contributed by atoms with Gasteiger partial charge in [-0.1, -0.05) is 18.2 Å². The molecule has 0 saturated carbocycles. The number of hydrogen-bond acceptors (Lipinski definition) is 5. The molecule has 1 aliphatic rings. The Labute approximate surface area is 148 Å². The first-order valence-electron chi connectivity index (χ1n) is 8.04. The molecule has 134 valence electrons. The van der Waals surface area contributed by atoms with Crippen LogP contribution in [0.15, 0.2) is 35.2 Å². The summed E-state index contributed by atoms with van der Waals surface area (Å²) in [6, 6.07) is 7.34. The highest BCUT2D eigenvalue weighted by molar-refractivity contribution is 7.98. The lowest BCUT2D eigenvalue weighted by molar-refractivity contribution is -0.134. The minimum Gasteiger partial charge on any atom is -0.340 e. The van der Waals surface area contributed by atoms with Crippen molar-refractivity contribution in [1.29, 1.82) is 0 Å². The average molecular weight is 372 g/mol. The summed E-state index contributed by atoms with van der Waals surface area (Å²) in [5.41, 5.74) is 5.94. The molecule has 0 aliphatic carbocycles. The van der Waals surface area contributed by atoms with Crippen LogP contribution < -0.4 is 10.5 Å². The number of nitrogens with zero attached hydrogens (tertiary/aromatic N) is 1. The number of piperidine rings is 1. The first-order valence-corrected chi connectivity index (χ1v) is 10.9. The highest BCUT2D eigenvalue weighted by Crippen LogP contribution is 2.15. The first-order chi connectivity index (χ1) is 11.4. The van der Waals surface area contributed by atoms with Crippen molar-refractivity contribution in [3.05, 3.63) is 30.3 Å². The fourth-order valence-electron chi connectivity index (χ4n) is 2.75. The third-order valence-electron chi connectivity index (χ3n) is 4.03. The number of carbonyl (C=O) groups is 1. The zero-order valence-electron chi connectivity index (χ0n) is 13.8. The molecular weight excluding hydrogens is 346 g/mol. The van der Waals surface area contributed by atoms with E-state index in [9.17, 15) is 13.2 Å². The summed E-state index contributed by atoms with van der Waals surface area (Å²) in [6.45, 7) is 1.12. The summed E-state index contributed by atoms with van der Waals surface area (Å²) < 4.78 is 27.7. The number of carbonyl (C=O) groups excluding carboxylic acids is 1. The molecule has 3 N–H and O–H groups in total. The van der Waals surface area contributed by atoms with Gasteiger partial charge >= 0.3 is 0 Å². The van der Waals surface area contributed by atoms with E-state index in [1.165, 1.54) is 12.1 Å². The standard InChI is InChI=1S/C16H25N3O3S2/c1-23-11-9-15(16(20)19-10-5-6-13(17)12-19)18-24(21,22)14-7-3-2-4-8-14/h2-4,7-8,13,15,18H,5-6,9-12,17H2,1H3. The van der Waals surface area contributed by atoms with Crippen LogP contribution in [0.1, 0.15) is 19.3 Å². The van der Waals surface area contributed by atoms with Crippen LogP contribution in [0.4, 0.5) is 0 Å². The third kappa shape index (κ3) is 5.20. The molecule has 2 atom stereocenters. The molecule has 1 heterocycles. The smallest absolute Gasteiger partial charge is 0.241 e. The van der Waals surface area contributed by atoms with E-state index in [1.54, 1.807) is 34.9 Å². The van der Waals surface area contributed by atoms with E-state index in [0.29, 0.717) is 25.3 Å². The van der Waals surface area contributed by atoms with Gasteiger partial charge in [-0.3, -0.25) is 4.79 Å². The van der Waals surface area contributed by atoms with E-state index < -0.39 is 16.1 Å². The molecule has 0 radical (unpaired) electrons. The van der Waals surface area contributed by atoms with Crippen molar-refractivity contribution in [2.75, 3.05) is 25.1 Å². The second kappa shape index (κ2) is 8.84. The van der Waals surface area contributed by atoms with Gasteiger partial charge in [-0.15, -0.1) is 0 Å². The van der Waals surface area contributed by atoms with Crippen molar-refractivity contribution in [1.82, 2.24) is 9.62 Å². The van der Waals surface area contributed by atoms with Crippen molar-refractivity contribution in [3.8, 4) is 0 Å². The normalized spacial score (nSPS) is 19.9. The number of rotatable bonds is 7. The molecule has 0 aromatic heterocycles. The summed E-state index contributed by atoms with van der Waals surface area (Å²) in [4.78, 5) is 14.6. The van der Waals surface area contributed by atoms with Crippen molar-refractivity contribution in [2.45, 2.75) is 36.2 Å². The van der Waals surface area contributed by atoms with Crippen LogP contribution in [0.25, 0.3) is 0 Å². The molecule has 8 heteroatoms. The van der Waals surface area contributed by atoms with Gasteiger partial charge in [0.05, 0.1) is 4.90 Å². The highest BCUT2D eigenvalue weighted by Gasteiger charge is 2.31. The second-order valence-electron chi connectivity index (χ2n) is 5.95. The SMILES string of the molecule is CSCCC(NS(=O)(=O)c1ccccc1)C(=O)N1CCCC(N)C1. The number of sulfonamides is 1. The fraction of sp³-hybridized carbons (Fsp3) is 0.562. The minimum absolute atomic E-state index is 0.0327. The van der Waals surface area contributed by atoms with Gasteiger partial charge in [0.15, 0.2) is 0 Å². The second-order valence-corrected chi connectivity index (χ2v) is 8.65. The molecule has 1 aromatic rings. The van der Waals surface area contributed by atoms with Crippen LogP contribution in [-0.4, -0.2) is 56.4 Å². The van der Waals surface area contributed by atoms with Crippen molar-refractivity contribution in [2.24, 2.45) is 5.73 Å². The lowest BCUT2D eigenvalue weighted by atomic mass is 10.1. The number of hydrogen-bond donors (Lipinski definition) is 2. The lowest BCUT2D eigenvalue weighted by Gasteiger charge is -2.33. The molecule has 1 fully saturated rings. The Bertz CT molecular complexity index is 637. The Balaban J connectivity index is 2.14. The molecule has 24 heavy (non-hydrogen) atoms. The summed E-state index contributed by atoms with van der Waals surface area (Å²) in [5.74, 6) is 0.520. The Kier molecular flexibility index (Phi) is 7.09. The third-order valence-corrected chi connectivity index (χ3v) is 6.16. The molecule has 1 aromatic carbocycles. The van der Waals surface area contributed by atoms with Crippen LogP contribution in [0.3, 0.4) is 0 Å². The van der Waals surface area contributed by atoms with Gasteiger partial charge in [-0.2, -0.15) is 16.5 Å². The zero-order valence-corrected chi connectivity index (χ0v) is 15.5. The van der Waals surface area contributed by atoms with Gasteiger partial charge in [0, 0.05) is 19.1 Å². The van der Waals surface area contributed by atoms with Crippen molar-refractivity contribution < 1.29 is 13.2 Å². The van der Waals surface area contributed by atoms with E-state index in [4.69, 9.17) is 5.73 Å². The monoisotopic (exact) mass is 371 g/mol. The number of nitrogens with two attached hydrogens (primary N) is 1. The molecule has 0 spiro atoms. The lowest BCUT2D eigenvalue weighted by Crippen LogP contribution is -2.53. The molecular formula is C16H25N3O3S2. The minimum atomic E-state index is -3.73. The number of amides is 1. The first kappa shape index (κ1) is 19.2. The molecule has 2 rings (SSSR count). The average Bonchev–Trinajstić information content (AvgIpc) is 2.58. The predicted molar refractivity (Wildman–Crippen MR) is 97.3 cm³/mol. The van der Waals surface area contributed by atoms with Crippen LogP contribution in [0.2, 0.25) is 0 Å². The predicted octanol–water partition coefficient (Wildman–Crippen LogP) is 1.04. The van der Waals surface area contributed by atoms with E-state index in [2.05, 4.69) is 4.72 Å². The van der Waals surface area contributed by atoms with Crippen LogP contribution >= 0.6 is 11.8 Å². The van der Waals surface area contributed by atoms with Gasteiger partial charge in [-0.25, -0.2) is 8.42 Å². The molecule has 1 amide bonds. The summed E-state index contributed by atoms with van der Waals surface area (Å²) in [5, 5.41) is 0. The Hall–Kier alpha value is -1.09. The number of nitrogens with one attached hydrogen (secondary N) is 1. The Morgan fingerprint density at radius 3 is 2.75 bits per heavy atom. The van der Waals surface area contributed by atoms with E-state index in [0.717, 1.165) is 12.8 Å². The van der Waals surface area contributed by atoms with Gasteiger partial charge in [-0.05, 0) is 43.4 Å². The van der Waals surface area contributed by atoms with Gasteiger partial charge in [0.1, 0.15) is 6.04 Å². The maximum atomic E-state index is 12.8. The molecule has 6 nitrogen and oxygen atoms in total. The van der Waals surface area contributed by atoms with Gasteiger partial charge < -0.3 is 10.6 Å². The molecule has 1 aliphatic heterocycles. The van der Waals surface area contributed by atoms with Crippen molar-refractivity contribution >= 4 is 27.7 Å². The molecule has 2 unspecified atom stereocenters. The Morgan fingerprint density at radius 1 is 1.42 bits per heavy atom. The zero-order chi connectivity index (χ0) is 17.6. The van der Waals surface area contributed by atoms with Gasteiger partial charge in [0.2, 0.25) is 15.9 Å². The summed E-state index contributed by atoms with van der Waals surface area (Å²) in [7, 11) is -3.73. The summed E-state index contributed by atoms with van der Waals surface area (Å²) in [6.07, 6.45) is 4.14. The van der Waals surface area contributed by atoms with E-state index >= 15 is 0 Å². The maximum absolute atomic E-state index is 12.8. The quantitative estimate of drug-likeness (QED) is 0.747. The largest absolute Gasteiger partial charge is 0.340 e. The van der Waals surface area contributed by atoms with Gasteiger partial charge in [0.25, 0.3) is 0 Å². The molecule has 0 bridgehead atoms. The van der Waals surface area contributed by atoms with Crippen LogP contribution in [-0.2, 0) is 14.8 Å². The number of likely N-dealkylation sites (tertiary alicyclic amines) is 1. The summed E-state index contributed by atoms with van der Waals surface area (Å²) >= 11 is 1.59. The number of benzene rings is 1. The highest BCUT2D eigenvalue weighted by atomic mass is 32.2. The van der Waals surface area contributed by atoms with Crippen LogP contribution in [0.5, 0.6) is 0 Å². The van der Waals surface area contributed by atoms with Crippen molar-refractivity contribution in [3.63, 3.8) is 0 Å².